The first kappa shape index (κ1) is 11.4. The molecule has 0 bridgehead atoms. The summed E-state index contributed by atoms with van der Waals surface area (Å²) in [5, 5.41) is 0. The summed E-state index contributed by atoms with van der Waals surface area (Å²) in [7, 11) is 0. The van der Waals surface area contributed by atoms with E-state index in [1.165, 1.54) is 12.8 Å². The van der Waals surface area contributed by atoms with E-state index in [0.29, 0.717) is 11.8 Å². The third-order valence-corrected chi connectivity index (χ3v) is 2.67. The lowest BCUT2D eigenvalue weighted by Crippen LogP contribution is -2.22. The van der Waals surface area contributed by atoms with Crippen LogP contribution in [-0.4, -0.2) is 6.29 Å². The largest absolute Gasteiger partial charge is 0.303 e. The van der Waals surface area contributed by atoms with Crippen molar-refractivity contribution in [1.82, 2.24) is 0 Å². The van der Waals surface area contributed by atoms with Crippen molar-refractivity contribution >= 4 is 6.29 Å². The molecule has 1 rings (SSSR count). The molecule has 1 nitrogen and oxygen atoms in total. The Morgan fingerprint density at radius 1 is 1.25 bits per heavy atom. The van der Waals surface area contributed by atoms with Gasteiger partial charge in [-0.05, 0) is 24.7 Å². The summed E-state index contributed by atoms with van der Waals surface area (Å²) in [6.07, 6.45) is 4.74. The maximum absolute atomic E-state index is 10.5. The molecule has 12 heavy (non-hydrogen) atoms. The summed E-state index contributed by atoms with van der Waals surface area (Å²) in [5.41, 5.74) is 0. The lowest BCUT2D eigenvalue weighted by molar-refractivity contribution is -0.113. The fourth-order valence-corrected chi connectivity index (χ4v) is 1.89. The minimum atomic E-state index is 0.358. The molecule has 1 aliphatic rings. The zero-order valence-corrected chi connectivity index (χ0v) is 8.25. The van der Waals surface area contributed by atoms with E-state index in [0.717, 1.165) is 18.6 Å². The first-order valence-corrected chi connectivity index (χ1v) is 4.69. The summed E-state index contributed by atoms with van der Waals surface area (Å²) >= 11 is 0. The number of hydrogen-bond donors (Lipinski definition) is 0. The molecule has 70 valence electrons. The lowest BCUT2D eigenvalue weighted by Gasteiger charge is -2.28. The van der Waals surface area contributed by atoms with Crippen molar-refractivity contribution in [3.63, 3.8) is 0 Å². The van der Waals surface area contributed by atoms with E-state index in [-0.39, 0.29) is 0 Å². The highest BCUT2D eigenvalue weighted by atomic mass is 16.1. The number of carbonyl (C=O) groups excluding carboxylic acids is 1. The SMILES string of the molecule is C=C.CC1CCC(C=O)C(C)C1. The Balaban J connectivity index is 0.000000561. The van der Waals surface area contributed by atoms with E-state index < -0.39 is 0 Å². The van der Waals surface area contributed by atoms with E-state index in [1.807, 2.05) is 0 Å². The summed E-state index contributed by atoms with van der Waals surface area (Å²) in [4.78, 5) is 10.5. The molecule has 0 amide bonds. The molecule has 0 aromatic carbocycles. The summed E-state index contributed by atoms with van der Waals surface area (Å²) < 4.78 is 0. The first-order chi connectivity index (χ1) is 5.74. The fourth-order valence-electron chi connectivity index (χ4n) is 1.89. The Hall–Kier alpha value is -0.590. The van der Waals surface area contributed by atoms with E-state index in [1.54, 1.807) is 0 Å². The van der Waals surface area contributed by atoms with Crippen LogP contribution in [0.3, 0.4) is 0 Å². The highest BCUT2D eigenvalue weighted by Gasteiger charge is 2.24. The second-order valence-electron chi connectivity index (χ2n) is 3.70. The van der Waals surface area contributed by atoms with Gasteiger partial charge in [-0.2, -0.15) is 0 Å². The normalized spacial score (nSPS) is 34.7. The van der Waals surface area contributed by atoms with Gasteiger partial charge in [0.2, 0.25) is 0 Å². The molecule has 0 N–H and O–H groups in total. The van der Waals surface area contributed by atoms with E-state index in [9.17, 15) is 4.79 Å². The quantitative estimate of drug-likeness (QED) is 0.434. The minimum absolute atomic E-state index is 0.358. The Bertz CT molecular complexity index is 131. The van der Waals surface area contributed by atoms with Crippen molar-refractivity contribution in [3.05, 3.63) is 13.2 Å². The molecular formula is C11H20O. The average Bonchev–Trinajstić information content (AvgIpc) is 2.08. The molecule has 0 radical (unpaired) electrons. The molecule has 0 aliphatic heterocycles. The van der Waals surface area contributed by atoms with Crippen molar-refractivity contribution in [2.45, 2.75) is 33.1 Å². The van der Waals surface area contributed by atoms with E-state index in [2.05, 4.69) is 27.0 Å². The Kier molecular flexibility index (Phi) is 5.69. The van der Waals surface area contributed by atoms with Crippen LogP contribution in [0.15, 0.2) is 13.2 Å². The Morgan fingerprint density at radius 2 is 1.83 bits per heavy atom. The molecule has 0 aromatic heterocycles. The van der Waals surface area contributed by atoms with Crippen molar-refractivity contribution < 1.29 is 4.79 Å². The number of aldehydes is 1. The van der Waals surface area contributed by atoms with Crippen LogP contribution >= 0.6 is 0 Å². The van der Waals surface area contributed by atoms with Gasteiger partial charge in [-0.1, -0.05) is 20.3 Å². The van der Waals surface area contributed by atoms with Gasteiger partial charge in [0.05, 0.1) is 0 Å². The highest BCUT2D eigenvalue weighted by molar-refractivity contribution is 5.54. The smallest absolute Gasteiger partial charge is 0.123 e. The molecule has 1 heteroatoms. The third kappa shape index (κ3) is 3.21. The van der Waals surface area contributed by atoms with Crippen molar-refractivity contribution in [3.8, 4) is 0 Å². The Morgan fingerprint density at radius 3 is 2.25 bits per heavy atom. The van der Waals surface area contributed by atoms with Gasteiger partial charge in [-0.15, -0.1) is 13.2 Å². The highest BCUT2D eigenvalue weighted by Crippen LogP contribution is 2.31. The van der Waals surface area contributed by atoms with Crippen LogP contribution in [-0.2, 0) is 4.79 Å². The first-order valence-electron chi connectivity index (χ1n) is 4.69. The van der Waals surface area contributed by atoms with Gasteiger partial charge in [0.15, 0.2) is 0 Å². The van der Waals surface area contributed by atoms with Crippen LogP contribution in [0.1, 0.15) is 33.1 Å². The standard InChI is InChI=1S/C9H16O.C2H4/c1-7-3-4-9(6-10)8(2)5-7;1-2/h6-9H,3-5H2,1-2H3;1-2H2. The average molecular weight is 168 g/mol. The summed E-state index contributed by atoms with van der Waals surface area (Å²) in [6, 6.07) is 0. The minimum Gasteiger partial charge on any atom is -0.303 e. The Labute approximate surface area is 75.9 Å². The molecule has 3 atom stereocenters. The summed E-state index contributed by atoms with van der Waals surface area (Å²) in [5.74, 6) is 1.82. The van der Waals surface area contributed by atoms with Gasteiger partial charge in [0, 0.05) is 5.92 Å². The van der Waals surface area contributed by atoms with Gasteiger partial charge < -0.3 is 4.79 Å². The van der Waals surface area contributed by atoms with Crippen LogP contribution < -0.4 is 0 Å². The fraction of sp³-hybridized carbons (Fsp3) is 0.727. The molecule has 1 aliphatic carbocycles. The zero-order chi connectivity index (χ0) is 9.56. The van der Waals surface area contributed by atoms with Gasteiger partial charge in [0.1, 0.15) is 6.29 Å². The van der Waals surface area contributed by atoms with Gasteiger partial charge >= 0.3 is 0 Å². The molecule has 0 heterocycles. The molecule has 3 unspecified atom stereocenters. The number of carbonyl (C=O) groups is 1. The molecule has 1 fully saturated rings. The van der Waals surface area contributed by atoms with Gasteiger partial charge in [-0.3, -0.25) is 0 Å². The molecule has 0 spiro atoms. The molecule has 0 aromatic rings. The van der Waals surface area contributed by atoms with Crippen LogP contribution in [0.4, 0.5) is 0 Å². The lowest BCUT2D eigenvalue weighted by atomic mass is 9.76. The maximum Gasteiger partial charge on any atom is 0.123 e. The predicted molar refractivity (Wildman–Crippen MR) is 53.0 cm³/mol. The summed E-state index contributed by atoms with van der Waals surface area (Å²) in [6.45, 7) is 10.5. The van der Waals surface area contributed by atoms with E-state index in [4.69, 9.17) is 0 Å². The zero-order valence-electron chi connectivity index (χ0n) is 8.25. The molecular weight excluding hydrogens is 148 g/mol. The van der Waals surface area contributed by atoms with Crippen LogP contribution in [0.25, 0.3) is 0 Å². The van der Waals surface area contributed by atoms with E-state index >= 15 is 0 Å². The number of rotatable bonds is 1. The van der Waals surface area contributed by atoms with Crippen molar-refractivity contribution in [1.29, 1.82) is 0 Å². The third-order valence-electron chi connectivity index (χ3n) is 2.67. The van der Waals surface area contributed by atoms with Crippen molar-refractivity contribution in [2.24, 2.45) is 17.8 Å². The van der Waals surface area contributed by atoms with Crippen LogP contribution in [0.5, 0.6) is 0 Å². The topological polar surface area (TPSA) is 17.1 Å². The number of hydrogen-bond acceptors (Lipinski definition) is 1. The maximum atomic E-state index is 10.5. The monoisotopic (exact) mass is 168 g/mol. The second kappa shape index (κ2) is 5.99. The molecule has 0 saturated heterocycles. The second-order valence-corrected chi connectivity index (χ2v) is 3.70. The van der Waals surface area contributed by atoms with Gasteiger partial charge in [-0.25, -0.2) is 0 Å². The van der Waals surface area contributed by atoms with Crippen LogP contribution in [0, 0.1) is 17.8 Å². The molecule has 1 saturated carbocycles. The van der Waals surface area contributed by atoms with Crippen molar-refractivity contribution in [2.75, 3.05) is 0 Å². The van der Waals surface area contributed by atoms with Crippen LogP contribution in [0.2, 0.25) is 0 Å². The predicted octanol–water partition coefficient (Wildman–Crippen LogP) is 3.06. The van der Waals surface area contributed by atoms with Gasteiger partial charge in [0.25, 0.3) is 0 Å².